The van der Waals surface area contributed by atoms with Gasteiger partial charge in [-0.15, -0.1) is 0 Å². The summed E-state index contributed by atoms with van der Waals surface area (Å²) in [5, 5.41) is 0. The molecule has 0 aliphatic rings. The van der Waals surface area contributed by atoms with Crippen LogP contribution in [0.1, 0.15) is 12.5 Å². The molecule has 0 spiro atoms. The third-order valence-electron chi connectivity index (χ3n) is 1.99. The Morgan fingerprint density at radius 1 is 1.27 bits per heavy atom. The smallest absolute Gasteiger partial charge is 0.0450 e. The van der Waals surface area contributed by atoms with Gasteiger partial charge < -0.3 is 4.40 Å². The van der Waals surface area contributed by atoms with Crippen LogP contribution >= 0.6 is 0 Å². The molecular weight excluding hydrogens is 134 g/mol. The second kappa shape index (κ2) is 2.42. The van der Waals surface area contributed by atoms with Crippen molar-refractivity contribution in [1.82, 2.24) is 4.40 Å². The highest BCUT2D eigenvalue weighted by Crippen LogP contribution is 2.07. The lowest BCUT2D eigenvalue weighted by atomic mass is 10.2. The average Bonchev–Trinajstić information content (AvgIpc) is 2.50. The third-order valence-corrected chi connectivity index (χ3v) is 1.99. The first kappa shape index (κ1) is 6.47. The van der Waals surface area contributed by atoms with Gasteiger partial charge in [0, 0.05) is 17.9 Å². The molecule has 2 rings (SSSR count). The Bertz CT molecular complexity index is 360. The molecule has 0 aliphatic carbocycles. The highest BCUT2D eigenvalue weighted by molar-refractivity contribution is 5.48. The molecule has 0 bridgehead atoms. The van der Waals surface area contributed by atoms with E-state index in [0.717, 1.165) is 6.42 Å². The minimum atomic E-state index is 1.11. The molecule has 0 saturated heterocycles. The van der Waals surface area contributed by atoms with Crippen molar-refractivity contribution in [3.05, 3.63) is 42.2 Å². The van der Waals surface area contributed by atoms with Gasteiger partial charge >= 0.3 is 0 Å². The molecule has 0 radical (unpaired) electrons. The van der Waals surface area contributed by atoms with E-state index in [2.05, 4.69) is 48.0 Å². The minimum absolute atomic E-state index is 1.11. The molecule has 0 aliphatic heterocycles. The highest BCUT2D eigenvalue weighted by atomic mass is 14.8. The summed E-state index contributed by atoms with van der Waals surface area (Å²) in [6.45, 7) is 2.17. The number of hydrogen-bond donors (Lipinski definition) is 0. The maximum atomic E-state index is 2.18. The molecule has 2 aromatic rings. The van der Waals surface area contributed by atoms with Gasteiger partial charge in [0.2, 0.25) is 0 Å². The minimum Gasteiger partial charge on any atom is -0.324 e. The summed E-state index contributed by atoms with van der Waals surface area (Å²) in [6.07, 6.45) is 5.36. The second-order valence-electron chi connectivity index (χ2n) is 2.73. The number of hydrogen-bond acceptors (Lipinski definition) is 0. The molecule has 2 aromatic heterocycles. The summed E-state index contributed by atoms with van der Waals surface area (Å²) < 4.78 is 2.15. The van der Waals surface area contributed by atoms with E-state index >= 15 is 0 Å². The van der Waals surface area contributed by atoms with E-state index in [1.54, 1.807) is 0 Å². The average molecular weight is 145 g/mol. The predicted octanol–water partition coefficient (Wildman–Crippen LogP) is 2.50. The molecule has 1 heteroatoms. The van der Waals surface area contributed by atoms with Crippen LogP contribution in [0.3, 0.4) is 0 Å². The van der Waals surface area contributed by atoms with E-state index in [0.29, 0.717) is 0 Å². The highest BCUT2D eigenvalue weighted by Gasteiger charge is 1.91. The molecule has 0 fully saturated rings. The topological polar surface area (TPSA) is 4.41 Å². The van der Waals surface area contributed by atoms with E-state index in [1.165, 1.54) is 11.1 Å². The Balaban J connectivity index is 2.67. The van der Waals surface area contributed by atoms with Crippen molar-refractivity contribution in [3.63, 3.8) is 0 Å². The Morgan fingerprint density at radius 3 is 3.00 bits per heavy atom. The zero-order valence-corrected chi connectivity index (χ0v) is 6.62. The first-order valence-electron chi connectivity index (χ1n) is 3.96. The van der Waals surface area contributed by atoms with Crippen LogP contribution < -0.4 is 0 Å². The maximum absolute atomic E-state index is 2.18. The van der Waals surface area contributed by atoms with Gasteiger partial charge in [0.05, 0.1) is 0 Å². The quantitative estimate of drug-likeness (QED) is 0.580. The summed E-state index contributed by atoms with van der Waals surface area (Å²) >= 11 is 0. The van der Waals surface area contributed by atoms with Gasteiger partial charge in [-0.2, -0.15) is 0 Å². The molecule has 0 amide bonds. The Labute approximate surface area is 66.3 Å². The Kier molecular flexibility index (Phi) is 1.42. The summed E-state index contributed by atoms with van der Waals surface area (Å²) in [7, 11) is 0. The van der Waals surface area contributed by atoms with Gasteiger partial charge in [0.1, 0.15) is 0 Å². The lowest BCUT2D eigenvalue weighted by Crippen LogP contribution is -1.85. The zero-order valence-electron chi connectivity index (χ0n) is 6.62. The van der Waals surface area contributed by atoms with Crippen LogP contribution in [0.4, 0.5) is 0 Å². The van der Waals surface area contributed by atoms with Crippen LogP contribution in [0, 0.1) is 0 Å². The monoisotopic (exact) mass is 145 g/mol. The number of rotatable bonds is 1. The first-order valence-corrected chi connectivity index (χ1v) is 3.96. The van der Waals surface area contributed by atoms with Gasteiger partial charge in [-0.3, -0.25) is 0 Å². The zero-order chi connectivity index (χ0) is 7.68. The Morgan fingerprint density at radius 2 is 2.18 bits per heavy atom. The van der Waals surface area contributed by atoms with Crippen molar-refractivity contribution in [2.45, 2.75) is 13.3 Å². The fraction of sp³-hybridized carbons (Fsp3) is 0.200. The van der Waals surface area contributed by atoms with Gasteiger partial charge in [-0.05, 0) is 30.2 Å². The van der Waals surface area contributed by atoms with E-state index in [4.69, 9.17) is 0 Å². The van der Waals surface area contributed by atoms with E-state index < -0.39 is 0 Å². The lowest BCUT2D eigenvalue weighted by molar-refractivity contribution is 1.07. The number of nitrogens with zero attached hydrogens (tertiary/aromatic N) is 1. The number of aryl methyl sites for hydroxylation is 1. The van der Waals surface area contributed by atoms with Crippen LogP contribution in [0.5, 0.6) is 0 Å². The normalized spacial score (nSPS) is 10.6. The summed E-state index contributed by atoms with van der Waals surface area (Å²) in [5.74, 6) is 0. The number of pyridine rings is 1. The lowest BCUT2D eigenvalue weighted by Gasteiger charge is -1.97. The third kappa shape index (κ3) is 1.03. The molecule has 0 unspecified atom stereocenters. The fourth-order valence-corrected chi connectivity index (χ4v) is 1.29. The second-order valence-corrected chi connectivity index (χ2v) is 2.73. The van der Waals surface area contributed by atoms with Crippen LogP contribution in [0.2, 0.25) is 0 Å². The molecule has 0 N–H and O–H groups in total. The van der Waals surface area contributed by atoms with Crippen molar-refractivity contribution in [2.24, 2.45) is 0 Å². The van der Waals surface area contributed by atoms with Crippen molar-refractivity contribution in [3.8, 4) is 0 Å². The predicted molar refractivity (Wildman–Crippen MR) is 46.8 cm³/mol. The van der Waals surface area contributed by atoms with Crippen molar-refractivity contribution < 1.29 is 0 Å². The molecule has 0 saturated carbocycles. The van der Waals surface area contributed by atoms with Crippen molar-refractivity contribution >= 4 is 5.52 Å². The molecule has 56 valence electrons. The van der Waals surface area contributed by atoms with Crippen molar-refractivity contribution in [1.29, 1.82) is 0 Å². The van der Waals surface area contributed by atoms with Crippen molar-refractivity contribution in [2.75, 3.05) is 0 Å². The van der Waals surface area contributed by atoms with Gasteiger partial charge in [0.15, 0.2) is 0 Å². The maximum Gasteiger partial charge on any atom is 0.0450 e. The van der Waals surface area contributed by atoms with Crippen LogP contribution in [0.15, 0.2) is 36.7 Å². The van der Waals surface area contributed by atoms with E-state index in [-0.39, 0.29) is 0 Å². The van der Waals surface area contributed by atoms with E-state index in [9.17, 15) is 0 Å². The fourth-order valence-electron chi connectivity index (χ4n) is 1.29. The molecule has 1 nitrogen and oxygen atoms in total. The standard InChI is InChI=1S/C10H11N/c1-2-9-5-6-10-4-3-7-11(10)8-9/h3-8H,2H2,1H3. The Hall–Kier alpha value is -1.24. The number of aromatic nitrogens is 1. The SMILES string of the molecule is CCc1ccc2cccn2c1. The first-order chi connectivity index (χ1) is 5.40. The van der Waals surface area contributed by atoms with Gasteiger partial charge in [-0.25, -0.2) is 0 Å². The van der Waals surface area contributed by atoms with Gasteiger partial charge in [-0.1, -0.05) is 13.0 Å². The molecule has 0 aromatic carbocycles. The number of fused-ring (bicyclic) bond motifs is 1. The molecular formula is C10H11N. The van der Waals surface area contributed by atoms with Crippen LogP contribution in [-0.4, -0.2) is 4.40 Å². The molecule has 0 atom stereocenters. The van der Waals surface area contributed by atoms with E-state index in [1.807, 2.05) is 0 Å². The summed E-state index contributed by atoms with van der Waals surface area (Å²) in [5.41, 5.74) is 2.65. The van der Waals surface area contributed by atoms with Crippen LogP contribution in [0.25, 0.3) is 5.52 Å². The largest absolute Gasteiger partial charge is 0.324 e. The summed E-state index contributed by atoms with van der Waals surface area (Å²) in [4.78, 5) is 0. The molecule has 2 heterocycles. The van der Waals surface area contributed by atoms with Gasteiger partial charge in [0.25, 0.3) is 0 Å². The summed E-state index contributed by atoms with van der Waals surface area (Å²) in [6, 6.07) is 8.50. The van der Waals surface area contributed by atoms with Crippen LogP contribution in [-0.2, 0) is 6.42 Å². The molecule has 11 heavy (non-hydrogen) atoms.